The molecule has 0 radical (unpaired) electrons. The predicted octanol–water partition coefficient (Wildman–Crippen LogP) is 5.43. The Bertz CT molecular complexity index is 1240. The number of carbonyl (C=O) groups is 2. The summed E-state index contributed by atoms with van der Waals surface area (Å²) < 4.78 is 17.0. The molecule has 0 aliphatic carbocycles. The van der Waals surface area contributed by atoms with E-state index in [1.165, 1.54) is 0 Å². The van der Waals surface area contributed by atoms with Gasteiger partial charge in [0.1, 0.15) is 17.6 Å². The van der Waals surface area contributed by atoms with Gasteiger partial charge in [-0.25, -0.2) is 4.79 Å². The second kappa shape index (κ2) is 11.5. The molecular weight excluding hydrogens is 477 g/mol. The minimum Gasteiger partial charge on any atom is -0.466 e. The number of rotatable bonds is 9. The van der Waals surface area contributed by atoms with Crippen LogP contribution in [0.1, 0.15) is 36.6 Å². The fraction of sp³-hybridized carbons (Fsp3) is 0.286. The standard InChI is InChI=1S/C28H29BClNO5/c1-4-34-26(32)15-19-10-12-23(30)25(14-19)35-24-13-11-22(29-3)16-21(24)17-31-18(2)27(36-28(31)33)20-8-6-5-7-9-20/h5-14,16,18,27,29H,4,15,17H2,1-3H3/t18-,27-/m1/s1. The Hall–Kier alpha value is -3.45. The van der Waals surface area contributed by atoms with Gasteiger partial charge in [0, 0.05) is 5.56 Å². The van der Waals surface area contributed by atoms with E-state index in [9.17, 15) is 9.59 Å². The Morgan fingerprint density at radius 2 is 1.86 bits per heavy atom. The van der Waals surface area contributed by atoms with Crippen LogP contribution in [0.3, 0.4) is 0 Å². The van der Waals surface area contributed by atoms with Gasteiger partial charge in [0.05, 0.1) is 30.6 Å². The molecule has 8 heteroatoms. The van der Waals surface area contributed by atoms with Crippen LogP contribution in [0.15, 0.2) is 66.7 Å². The lowest BCUT2D eigenvalue weighted by atomic mass is 9.73. The maximum absolute atomic E-state index is 12.8. The molecule has 0 saturated carbocycles. The molecule has 3 aromatic carbocycles. The molecule has 36 heavy (non-hydrogen) atoms. The SMILES string of the molecule is CBc1ccc(Oc2cc(CC(=O)OCC)ccc2Cl)c(CN2C(=O)O[C@@H](c3ccccc3)[C@H]2C)c1. The summed E-state index contributed by atoms with van der Waals surface area (Å²) >= 11 is 6.43. The zero-order valence-electron chi connectivity index (χ0n) is 20.7. The Balaban J connectivity index is 1.59. The number of benzene rings is 3. The largest absolute Gasteiger partial charge is 0.466 e. The molecule has 0 aromatic heterocycles. The first kappa shape index (κ1) is 25.6. The van der Waals surface area contributed by atoms with E-state index in [4.69, 9.17) is 25.8 Å². The third-order valence-electron chi connectivity index (χ3n) is 6.26. The van der Waals surface area contributed by atoms with E-state index in [0.717, 1.165) is 29.4 Å². The summed E-state index contributed by atoms with van der Waals surface area (Å²) in [6.45, 7) is 6.49. The number of halogens is 1. The second-order valence-corrected chi connectivity index (χ2v) is 9.14. The number of carbonyl (C=O) groups excluding carboxylic acids is 2. The van der Waals surface area contributed by atoms with Crippen LogP contribution in [0.4, 0.5) is 4.79 Å². The molecule has 0 bridgehead atoms. The van der Waals surface area contributed by atoms with Crippen molar-refractivity contribution in [2.24, 2.45) is 0 Å². The average molecular weight is 506 g/mol. The molecule has 0 spiro atoms. The smallest absolute Gasteiger partial charge is 0.411 e. The Morgan fingerprint density at radius 1 is 1.08 bits per heavy atom. The van der Waals surface area contributed by atoms with Gasteiger partial charge in [-0.2, -0.15) is 0 Å². The average Bonchev–Trinajstić information content (AvgIpc) is 3.16. The summed E-state index contributed by atoms with van der Waals surface area (Å²) in [6.07, 6.45) is -0.578. The zero-order chi connectivity index (χ0) is 25.7. The van der Waals surface area contributed by atoms with Crippen molar-refractivity contribution in [1.82, 2.24) is 4.90 Å². The molecule has 1 aliphatic rings. The van der Waals surface area contributed by atoms with Crippen LogP contribution < -0.4 is 10.2 Å². The normalized spacial score (nSPS) is 17.0. The summed E-state index contributed by atoms with van der Waals surface area (Å²) in [5.74, 6) is 0.710. The molecular formula is C28H29BClNO5. The van der Waals surface area contributed by atoms with E-state index >= 15 is 0 Å². The Kier molecular flexibility index (Phi) is 8.21. The summed E-state index contributed by atoms with van der Waals surface area (Å²) in [6, 6.07) is 20.8. The van der Waals surface area contributed by atoms with E-state index in [-0.39, 0.29) is 30.6 Å². The summed E-state index contributed by atoms with van der Waals surface area (Å²) in [5, 5.41) is 0.422. The van der Waals surface area contributed by atoms with Crippen molar-refractivity contribution in [3.8, 4) is 11.5 Å². The van der Waals surface area contributed by atoms with Crippen molar-refractivity contribution < 1.29 is 23.8 Å². The highest BCUT2D eigenvalue weighted by Gasteiger charge is 2.39. The van der Waals surface area contributed by atoms with Crippen LogP contribution in [0.2, 0.25) is 11.8 Å². The molecule has 2 atom stereocenters. The number of cyclic esters (lactones) is 1. The quantitative estimate of drug-likeness (QED) is 0.287. The van der Waals surface area contributed by atoms with Gasteiger partial charge in [0.15, 0.2) is 7.28 Å². The third kappa shape index (κ3) is 5.85. The topological polar surface area (TPSA) is 65.1 Å². The summed E-state index contributed by atoms with van der Waals surface area (Å²) in [7, 11) is 0.843. The van der Waals surface area contributed by atoms with Gasteiger partial charge >= 0.3 is 12.1 Å². The molecule has 1 heterocycles. The van der Waals surface area contributed by atoms with Crippen LogP contribution in [-0.2, 0) is 27.2 Å². The highest BCUT2D eigenvalue weighted by molar-refractivity contribution is 6.51. The van der Waals surface area contributed by atoms with Crippen molar-refractivity contribution in [2.45, 2.75) is 45.8 Å². The van der Waals surface area contributed by atoms with Crippen LogP contribution >= 0.6 is 11.6 Å². The summed E-state index contributed by atoms with van der Waals surface area (Å²) in [4.78, 5) is 26.5. The number of ether oxygens (including phenoxy) is 3. The molecule has 0 N–H and O–H groups in total. The van der Waals surface area contributed by atoms with Crippen LogP contribution in [-0.4, -0.2) is 36.9 Å². The second-order valence-electron chi connectivity index (χ2n) is 8.73. The first-order valence-corrected chi connectivity index (χ1v) is 12.5. The van der Waals surface area contributed by atoms with E-state index in [0.29, 0.717) is 29.7 Å². The molecule has 0 unspecified atom stereocenters. The maximum Gasteiger partial charge on any atom is 0.411 e. The van der Waals surface area contributed by atoms with Gasteiger partial charge in [0.2, 0.25) is 0 Å². The molecule has 1 fully saturated rings. The van der Waals surface area contributed by atoms with Crippen molar-refractivity contribution in [3.05, 3.63) is 88.4 Å². The third-order valence-corrected chi connectivity index (χ3v) is 6.58. The summed E-state index contributed by atoms with van der Waals surface area (Å²) in [5.41, 5.74) is 3.67. The first-order valence-electron chi connectivity index (χ1n) is 12.2. The molecule has 3 aromatic rings. The van der Waals surface area contributed by atoms with Crippen LogP contribution in [0.5, 0.6) is 11.5 Å². The lowest BCUT2D eigenvalue weighted by Gasteiger charge is -2.23. The number of amides is 1. The zero-order valence-corrected chi connectivity index (χ0v) is 21.5. The van der Waals surface area contributed by atoms with Crippen LogP contribution in [0, 0.1) is 0 Å². The number of hydrogen-bond acceptors (Lipinski definition) is 5. The molecule has 186 valence electrons. The molecule has 4 rings (SSSR count). The van der Waals surface area contributed by atoms with Gasteiger partial charge in [-0.1, -0.05) is 72.4 Å². The van der Waals surface area contributed by atoms with Gasteiger partial charge in [-0.15, -0.1) is 0 Å². The van der Waals surface area contributed by atoms with Gasteiger partial charge in [-0.05, 0) is 43.2 Å². The molecule has 1 amide bonds. The number of hydrogen-bond donors (Lipinski definition) is 0. The maximum atomic E-state index is 12.8. The van der Waals surface area contributed by atoms with E-state index in [1.54, 1.807) is 30.0 Å². The van der Waals surface area contributed by atoms with E-state index in [1.807, 2.05) is 55.5 Å². The molecule has 1 aliphatic heterocycles. The number of esters is 1. The van der Waals surface area contributed by atoms with Gasteiger partial charge in [0.25, 0.3) is 0 Å². The molecule has 6 nitrogen and oxygen atoms in total. The van der Waals surface area contributed by atoms with Gasteiger partial charge < -0.3 is 14.2 Å². The Labute approximate surface area is 217 Å². The lowest BCUT2D eigenvalue weighted by Crippen LogP contribution is -2.32. The molecule has 1 saturated heterocycles. The Morgan fingerprint density at radius 3 is 2.58 bits per heavy atom. The van der Waals surface area contributed by atoms with Crippen molar-refractivity contribution in [2.75, 3.05) is 6.61 Å². The minimum atomic E-state index is -0.362. The monoisotopic (exact) mass is 505 g/mol. The van der Waals surface area contributed by atoms with Crippen molar-refractivity contribution in [3.63, 3.8) is 0 Å². The van der Waals surface area contributed by atoms with E-state index in [2.05, 4.69) is 6.82 Å². The fourth-order valence-corrected chi connectivity index (χ4v) is 4.45. The highest BCUT2D eigenvalue weighted by Crippen LogP contribution is 2.36. The van der Waals surface area contributed by atoms with E-state index < -0.39 is 0 Å². The fourth-order valence-electron chi connectivity index (χ4n) is 4.29. The lowest BCUT2D eigenvalue weighted by molar-refractivity contribution is -0.142. The number of nitrogens with zero attached hydrogens (tertiary/aromatic N) is 1. The van der Waals surface area contributed by atoms with Crippen LogP contribution in [0.25, 0.3) is 0 Å². The van der Waals surface area contributed by atoms with Gasteiger partial charge in [-0.3, -0.25) is 9.69 Å². The first-order chi connectivity index (χ1) is 17.4. The van der Waals surface area contributed by atoms with Crippen molar-refractivity contribution >= 4 is 36.4 Å². The minimum absolute atomic E-state index is 0.126. The predicted molar refractivity (Wildman–Crippen MR) is 142 cm³/mol. The highest BCUT2D eigenvalue weighted by atomic mass is 35.5. The van der Waals surface area contributed by atoms with Crippen molar-refractivity contribution in [1.29, 1.82) is 0 Å².